The Morgan fingerprint density at radius 3 is 2.11 bits per heavy atom. The first kappa shape index (κ1) is 18.2. The summed E-state index contributed by atoms with van der Waals surface area (Å²) in [6.45, 7) is 8.53. The largest absolute Gasteiger partial charge is 0.463 e. The molecule has 0 N–H and O–H groups in total. The van der Waals surface area contributed by atoms with Gasteiger partial charge in [-0.2, -0.15) is 0 Å². The molecule has 0 saturated heterocycles. The van der Waals surface area contributed by atoms with E-state index in [1.807, 2.05) is 0 Å². The van der Waals surface area contributed by atoms with E-state index >= 15 is 0 Å². The van der Waals surface area contributed by atoms with Gasteiger partial charge in [0.25, 0.3) is 0 Å². The van der Waals surface area contributed by atoms with Crippen LogP contribution < -0.4 is 0 Å². The molecule has 0 saturated carbocycles. The lowest BCUT2D eigenvalue weighted by atomic mass is 10.00. The molecule has 0 aliphatic carbocycles. The normalized spacial score (nSPS) is 12.1. The highest BCUT2D eigenvalue weighted by molar-refractivity contribution is 5.81. The molecule has 0 heterocycles. The van der Waals surface area contributed by atoms with Gasteiger partial charge in [-0.25, -0.2) is 4.79 Å². The van der Waals surface area contributed by atoms with Crippen molar-refractivity contribution in [2.75, 3.05) is 6.61 Å². The molecule has 2 heteroatoms. The van der Waals surface area contributed by atoms with E-state index in [0.717, 1.165) is 18.8 Å². The van der Waals surface area contributed by atoms with Crippen molar-refractivity contribution >= 4 is 5.97 Å². The van der Waals surface area contributed by atoms with Gasteiger partial charge in [0.15, 0.2) is 0 Å². The van der Waals surface area contributed by atoms with Crippen LogP contribution in [0.3, 0.4) is 0 Å². The predicted octanol–water partition coefficient (Wildman–Crippen LogP) is 5.27. The number of hydrogen-bond donors (Lipinski definition) is 0. The molecule has 0 aliphatic rings. The summed E-state index contributed by atoms with van der Waals surface area (Å²) in [4.78, 5) is 10.8. The van der Waals surface area contributed by atoms with Gasteiger partial charge in [0.2, 0.25) is 0 Å². The zero-order valence-corrected chi connectivity index (χ0v) is 13.0. The van der Waals surface area contributed by atoms with Crippen molar-refractivity contribution in [2.24, 2.45) is 5.92 Å². The van der Waals surface area contributed by atoms with Crippen LogP contribution in [0.4, 0.5) is 0 Å². The average molecular weight is 268 g/mol. The van der Waals surface area contributed by atoms with Crippen LogP contribution in [-0.2, 0) is 9.53 Å². The summed E-state index contributed by atoms with van der Waals surface area (Å²) in [5.41, 5.74) is 0. The van der Waals surface area contributed by atoms with Crippen LogP contribution in [0.2, 0.25) is 0 Å². The van der Waals surface area contributed by atoms with Crippen molar-refractivity contribution in [3.63, 3.8) is 0 Å². The van der Waals surface area contributed by atoms with Crippen molar-refractivity contribution in [3.05, 3.63) is 12.7 Å². The number of rotatable bonds is 13. The first-order valence-corrected chi connectivity index (χ1v) is 7.99. The molecule has 0 radical (unpaired) electrons. The molecule has 1 unspecified atom stereocenters. The first-order valence-electron chi connectivity index (χ1n) is 7.99. The molecule has 2 nitrogen and oxygen atoms in total. The van der Waals surface area contributed by atoms with E-state index in [1.165, 1.54) is 57.4 Å². The van der Waals surface area contributed by atoms with Crippen LogP contribution in [0, 0.1) is 5.92 Å². The summed E-state index contributed by atoms with van der Waals surface area (Å²) in [5.74, 6) is 0.597. The molecule has 0 rings (SSSR count). The van der Waals surface area contributed by atoms with Crippen molar-refractivity contribution in [1.29, 1.82) is 0 Å². The summed E-state index contributed by atoms with van der Waals surface area (Å²) in [6, 6.07) is 0. The maximum atomic E-state index is 10.8. The minimum absolute atomic E-state index is 0.304. The van der Waals surface area contributed by atoms with Crippen LogP contribution in [0.25, 0.3) is 0 Å². The molecule has 1 atom stereocenters. The van der Waals surface area contributed by atoms with Crippen molar-refractivity contribution in [3.8, 4) is 0 Å². The van der Waals surface area contributed by atoms with Gasteiger partial charge in [0.1, 0.15) is 0 Å². The second-order valence-electron chi connectivity index (χ2n) is 5.50. The molecule has 0 bridgehead atoms. The van der Waals surface area contributed by atoms with E-state index in [0.29, 0.717) is 6.61 Å². The summed E-state index contributed by atoms with van der Waals surface area (Å²) in [5, 5.41) is 0. The third-order valence-corrected chi connectivity index (χ3v) is 3.70. The van der Waals surface area contributed by atoms with Gasteiger partial charge in [-0.05, 0) is 12.3 Å². The van der Waals surface area contributed by atoms with E-state index in [-0.39, 0.29) is 5.97 Å². The maximum absolute atomic E-state index is 10.8. The van der Waals surface area contributed by atoms with E-state index in [1.54, 1.807) is 0 Å². The molecular weight excluding hydrogens is 236 g/mol. The lowest BCUT2D eigenvalue weighted by Gasteiger charge is -2.07. The molecule has 112 valence electrons. The SMILES string of the molecule is C=CC(=O)OCCCCCCCCCCC(C)CC. The smallest absolute Gasteiger partial charge is 0.330 e. The topological polar surface area (TPSA) is 26.3 Å². The number of carbonyl (C=O) groups excluding carboxylic acids is 1. The van der Waals surface area contributed by atoms with Gasteiger partial charge in [0.05, 0.1) is 6.61 Å². The number of carbonyl (C=O) groups is 1. The zero-order chi connectivity index (χ0) is 14.3. The Kier molecular flexibility index (Phi) is 13.1. The number of hydrogen-bond acceptors (Lipinski definition) is 2. The highest BCUT2D eigenvalue weighted by atomic mass is 16.5. The third-order valence-electron chi connectivity index (χ3n) is 3.70. The Morgan fingerprint density at radius 2 is 1.58 bits per heavy atom. The fraction of sp³-hybridized carbons (Fsp3) is 0.824. The summed E-state index contributed by atoms with van der Waals surface area (Å²) < 4.78 is 4.93. The number of esters is 1. The second kappa shape index (κ2) is 13.6. The van der Waals surface area contributed by atoms with Gasteiger partial charge in [-0.3, -0.25) is 0 Å². The molecule has 0 aromatic rings. The van der Waals surface area contributed by atoms with Crippen molar-refractivity contribution in [2.45, 2.75) is 78.1 Å². The molecule has 0 aliphatic heterocycles. The second-order valence-corrected chi connectivity index (χ2v) is 5.50. The molecule has 0 amide bonds. The molecule has 0 aromatic carbocycles. The Balaban J connectivity index is 3.07. The summed E-state index contributed by atoms with van der Waals surface area (Å²) >= 11 is 0. The molecule has 0 aromatic heterocycles. The van der Waals surface area contributed by atoms with Crippen LogP contribution in [0.1, 0.15) is 78.1 Å². The van der Waals surface area contributed by atoms with Gasteiger partial charge in [0, 0.05) is 6.08 Å². The van der Waals surface area contributed by atoms with Gasteiger partial charge in [-0.15, -0.1) is 0 Å². The standard InChI is InChI=1S/C17H32O2/c1-4-16(3)14-12-10-8-6-7-9-11-13-15-19-17(18)5-2/h5,16H,2,4,6-15H2,1,3H3. The highest BCUT2D eigenvalue weighted by Gasteiger charge is 1.98. The average Bonchev–Trinajstić information content (AvgIpc) is 2.43. The fourth-order valence-corrected chi connectivity index (χ4v) is 2.09. The van der Waals surface area contributed by atoms with Crippen LogP contribution in [0.15, 0.2) is 12.7 Å². The van der Waals surface area contributed by atoms with Crippen LogP contribution in [0.5, 0.6) is 0 Å². The van der Waals surface area contributed by atoms with Crippen molar-refractivity contribution < 1.29 is 9.53 Å². The van der Waals surface area contributed by atoms with Crippen molar-refractivity contribution in [1.82, 2.24) is 0 Å². The molecule has 0 fully saturated rings. The minimum Gasteiger partial charge on any atom is -0.463 e. The monoisotopic (exact) mass is 268 g/mol. The predicted molar refractivity (Wildman–Crippen MR) is 82.2 cm³/mol. The number of ether oxygens (including phenoxy) is 1. The Bertz CT molecular complexity index is 223. The zero-order valence-electron chi connectivity index (χ0n) is 13.0. The Morgan fingerprint density at radius 1 is 1.05 bits per heavy atom. The van der Waals surface area contributed by atoms with Gasteiger partial charge in [-0.1, -0.05) is 78.2 Å². The number of unbranched alkanes of at least 4 members (excludes halogenated alkanes) is 7. The van der Waals surface area contributed by atoms with Gasteiger partial charge < -0.3 is 4.74 Å². The van der Waals surface area contributed by atoms with E-state index in [9.17, 15) is 4.79 Å². The van der Waals surface area contributed by atoms with E-state index in [4.69, 9.17) is 4.74 Å². The van der Waals surface area contributed by atoms with Crippen LogP contribution >= 0.6 is 0 Å². The Hall–Kier alpha value is -0.790. The molecule has 0 spiro atoms. The fourth-order valence-electron chi connectivity index (χ4n) is 2.09. The highest BCUT2D eigenvalue weighted by Crippen LogP contribution is 2.14. The lowest BCUT2D eigenvalue weighted by molar-refractivity contribution is -0.137. The van der Waals surface area contributed by atoms with Gasteiger partial charge >= 0.3 is 5.97 Å². The third kappa shape index (κ3) is 13.4. The maximum Gasteiger partial charge on any atom is 0.330 e. The molecule has 19 heavy (non-hydrogen) atoms. The quantitative estimate of drug-likeness (QED) is 0.258. The van der Waals surface area contributed by atoms with E-state index in [2.05, 4.69) is 20.4 Å². The summed E-state index contributed by atoms with van der Waals surface area (Å²) in [6.07, 6.45) is 14.2. The Labute approximate surface area is 119 Å². The van der Waals surface area contributed by atoms with Crippen LogP contribution in [-0.4, -0.2) is 12.6 Å². The molecular formula is C17H32O2. The minimum atomic E-state index is -0.304. The van der Waals surface area contributed by atoms with E-state index < -0.39 is 0 Å². The first-order chi connectivity index (χ1) is 9.20. The lowest BCUT2D eigenvalue weighted by Crippen LogP contribution is -2.01. The summed E-state index contributed by atoms with van der Waals surface area (Å²) in [7, 11) is 0.